The lowest BCUT2D eigenvalue weighted by Crippen LogP contribution is -2.36. The molecule has 1 amide bonds. The van der Waals surface area contributed by atoms with E-state index in [2.05, 4.69) is 9.97 Å². The van der Waals surface area contributed by atoms with Gasteiger partial charge in [-0.2, -0.15) is 0 Å². The summed E-state index contributed by atoms with van der Waals surface area (Å²) in [5.41, 5.74) is 0.774. The van der Waals surface area contributed by atoms with Gasteiger partial charge in [-0.05, 0) is 25.3 Å². The van der Waals surface area contributed by atoms with Crippen LogP contribution in [-0.2, 0) is 11.3 Å². The van der Waals surface area contributed by atoms with E-state index in [1.807, 2.05) is 47.7 Å². The summed E-state index contributed by atoms with van der Waals surface area (Å²) in [6.07, 6.45) is 6.30. The van der Waals surface area contributed by atoms with Crippen LogP contribution in [-0.4, -0.2) is 38.2 Å². The summed E-state index contributed by atoms with van der Waals surface area (Å²) >= 11 is 2.76. The van der Waals surface area contributed by atoms with Crippen LogP contribution in [0.4, 0.5) is 0 Å². The highest BCUT2D eigenvalue weighted by atomic mass is 32.1. The SMILES string of the molecule is Cc1nc(C)c(C(=O)C2=C(O)C(=O)N(CCC[n+]3cc[nH]c3)C2c2cccs2)s1. The molecule has 1 atom stereocenters. The monoisotopic (exact) mass is 429 g/mol. The molecule has 4 rings (SSSR count). The van der Waals surface area contributed by atoms with E-state index in [0.717, 1.165) is 16.4 Å². The van der Waals surface area contributed by atoms with E-state index in [-0.39, 0.29) is 11.4 Å². The molecule has 0 fully saturated rings. The zero-order valence-electron chi connectivity index (χ0n) is 16.1. The molecule has 1 unspecified atom stereocenters. The number of ketones is 1. The molecule has 4 heterocycles. The van der Waals surface area contributed by atoms with Crippen LogP contribution < -0.4 is 4.57 Å². The molecule has 0 aliphatic carbocycles. The Morgan fingerprint density at radius 1 is 1.41 bits per heavy atom. The molecule has 1 aliphatic heterocycles. The van der Waals surface area contributed by atoms with Crippen molar-refractivity contribution in [2.45, 2.75) is 32.9 Å². The standard InChI is InChI=1S/C20H20N4O3S2/c1-12-19(29-13(2)22-12)17(25)15-16(14-5-3-10-28-14)24(20(27)18(15)26)8-4-7-23-9-6-21-11-23/h3,5-6,9-11,16H,4,7-8H2,1-2H3,(H,25,26)/p+1. The Hall–Kier alpha value is -2.78. The summed E-state index contributed by atoms with van der Waals surface area (Å²) in [7, 11) is 0. The zero-order valence-corrected chi connectivity index (χ0v) is 17.7. The first kappa shape index (κ1) is 19.5. The van der Waals surface area contributed by atoms with E-state index in [1.165, 1.54) is 22.7 Å². The number of nitrogens with one attached hydrogen (secondary N) is 1. The fraction of sp³-hybridized carbons (Fsp3) is 0.300. The number of carbonyl (C=O) groups is 2. The summed E-state index contributed by atoms with van der Waals surface area (Å²) in [6, 6.07) is 3.21. The number of hydrogen-bond acceptors (Lipinski definition) is 6. The molecule has 0 radical (unpaired) electrons. The van der Waals surface area contributed by atoms with E-state index in [9.17, 15) is 14.7 Å². The number of imidazole rings is 1. The molecule has 9 heteroatoms. The van der Waals surface area contributed by atoms with Crippen molar-refractivity contribution in [3.05, 3.63) is 68.0 Å². The van der Waals surface area contributed by atoms with Gasteiger partial charge in [0.2, 0.25) is 12.1 Å². The van der Waals surface area contributed by atoms with E-state index >= 15 is 0 Å². The number of aromatic nitrogens is 3. The Balaban J connectivity index is 1.65. The molecule has 0 bridgehead atoms. The molecule has 3 aromatic rings. The van der Waals surface area contributed by atoms with Crippen LogP contribution in [0.5, 0.6) is 0 Å². The number of aliphatic hydroxyl groups excluding tert-OH is 1. The van der Waals surface area contributed by atoms with Crippen LogP contribution in [0.3, 0.4) is 0 Å². The van der Waals surface area contributed by atoms with Gasteiger partial charge in [-0.25, -0.2) is 9.55 Å². The van der Waals surface area contributed by atoms with Crippen LogP contribution in [0.2, 0.25) is 0 Å². The van der Waals surface area contributed by atoms with Crippen molar-refractivity contribution in [2.75, 3.05) is 6.54 Å². The van der Waals surface area contributed by atoms with Crippen LogP contribution in [0.1, 0.15) is 37.7 Å². The molecule has 2 N–H and O–H groups in total. The minimum atomic E-state index is -0.576. The van der Waals surface area contributed by atoms with Crippen LogP contribution in [0.15, 0.2) is 47.6 Å². The maximum Gasteiger partial charge on any atom is 0.290 e. The van der Waals surface area contributed by atoms with Crippen LogP contribution in [0.25, 0.3) is 0 Å². The second-order valence-electron chi connectivity index (χ2n) is 6.86. The van der Waals surface area contributed by atoms with Gasteiger partial charge < -0.3 is 10.0 Å². The molecule has 0 aromatic carbocycles. The first-order chi connectivity index (χ1) is 14.0. The molecule has 1 aliphatic rings. The normalized spacial score (nSPS) is 16.8. The third-order valence-corrected chi connectivity index (χ3v) is 6.89. The highest BCUT2D eigenvalue weighted by molar-refractivity contribution is 7.14. The average Bonchev–Trinajstić information content (AvgIpc) is 3.47. The van der Waals surface area contributed by atoms with Crippen LogP contribution in [0, 0.1) is 13.8 Å². The van der Waals surface area contributed by atoms with E-state index in [1.54, 1.807) is 11.8 Å². The molecular weight excluding hydrogens is 408 g/mol. The van der Waals surface area contributed by atoms with Crippen molar-refractivity contribution in [3.63, 3.8) is 0 Å². The van der Waals surface area contributed by atoms with Gasteiger partial charge in [-0.3, -0.25) is 14.6 Å². The molecule has 3 aromatic heterocycles. The molecule has 7 nitrogen and oxygen atoms in total. The highest BCUT2D eigenvalue weighted by Gasteiger charge is 2.44. The fourth-order valence-corrected chi connectivity index (χ4v) is 5.33. The van der Waals surface area contributed by atoms with Crippen molar-refractivity contribution in [3.8, 4) is 0 Å². The van der Waals surface area contributed by atoms with Gasteiger partial charge in [0.25, 0.3) is 5.91 Å². The van der Waals surface area contributed by atoms with E-state index < -0.39 is 17.7 Å². The third kappa shape index (κ3) is 3.63. The number of aryl methyl sites for hydroxylation is 3. The van der Waals surface area contributed by atoms with Crippen LogP contribution >= 0.6 is 22.7 Å². The quantitative estimate of drug-likeness (QED) is 0.446. The first-order valence-electron chi connectivity index (χ1n) is 9.25. The Bertz CT molecular complexity index is 1070. The first-order valence-corrected chi connectivity index (χ1v) is 10.9. The predicted molar refractivity (Wildman–Crippen MR) is 110 cm³/mol. The van der Waals surface area contributed by atoms with Gasteiger partial charge in [0.1, 0.15) is 12.4 Å². The van der Waals surface area contributed by atoms with Gasteiger partial charge in [-0.1, -0.05) is 6.07 Å². The number of H-pyrrole nitrogens is 1. The number of thiophene rings is 1. The third-order valence-electron chi connectivity index (χ3n) is 4.89. The predicted octanol–water partition coefficient (Wildman–Crippen LogP) is 3.11. The topological polar surface area (TPSA) is 90.2 Å². The lowest BCUT2D eigenvalue weighted by atomic mass is 10.00. The fourth-order valence-electron chi connectivity index (χ4n) is 3.61. The highest BCUT2D eigenvalue weighted by Crippen LogP contribution is 2.41. The van der Waals surface area contributed by atoms with Gasteiger partial charge in [0.15, 0.2) is 5.76 Å². The smallest absolute Gasteiger partial charge is 0.290 e. The largest absolute Gasteiger partial charge is 0.503 e. The maximum absolute atomic E-state index is 13.3. The summed E-state index contributed by atoms with van der Waals surface area (Å²) in [4.78, 5) is 36.5. The number of Topliss-reactive ketones (excluding diaryl/α,β-unsaturated/α-hetero) is 1. The molecule has 0 spiro atoms. The molecule has 150 valence electrons. The second kappa shape index (κ2) is 7.92. The minimum Gasteiger partial charge on any atom is -0.503 e. The lowest BCUT2D eigenvalue weighted by Gasteiger charge is -2.25. The number of thiazole rings is 1. The van der Waals surface area contributed by atoms with E-state index in [0.29, 0.717) is 23.5 Å². The number of amides is 1. The summed E-state index contributed by atoms with van der Waals surface area (Å²) < 4.78 is 1.99. The molecule has 0 saturated heterocycles. The van der Waals surface area contributed by atoms with Gasteiger partial charge >= 0.3 is 0 Å². The van der Waals surface area contributed by atoms with Crippen molar-refractivity contribution in [1.82, 2.24) is 14.9 Å². The second-order valence-corrected chi connectivity index (χ2v) is 9.04. The Labute approximate surface area is 176 Å². The van der Waals surface area contributed by atoms with Gasteiger partial charge in [0.05, 0.1) is 33.7 Å². The number of carbonyl (C=O) groups excluding carboxylic acids is 2. The maximum atomic E-state index is 13.3. The summed E-state index contributed by atoms with van der Waals surface area (Å²) in [5, 5.41) is 13.3. The number of rotatable bonds is 7. The minimum absolute atomic E-state index is 0.151. The Kier molecular flexibility index (Phi) is 5.33. The van der Waals surface area contributed by atoms with Gasteiger partial charge in [0, 0.05) is 17.8 Å². The van der Waals surface area contributed by atoms with Crippen molar-refractivity contribution in [2.24, 2.45) is 0 Å². The molecular formula is C20H21N4O3S2+. The Morgan fingerprint density at radius 2 is 2.24 bits per heavy atom. The number of aliphatic hydroxyl groups is 1. The number of aromatic amines is 1. The number of hydrogen-bond donors (Lipinski definition) is 2. The van der Waals surface area contributed by atoms with Crippen molar-refractivity contribution < 1.29 is 19.3 Å². The van der Waals surface area contributed by atoms with Gasteiger partial charge in [-0.15, -0.1) is 22.7 Å². The Morgan fingerprint density at radius 3 is 2.86 bits per heavy atom. The zero-order chi connectivity index (χ0) is 20.5. The summed E-state index contributed by atoms with van der Waals surface area (Å²) in [5.74, 6) is -1.27. The average molecular weight is 430 g/mol. The van der Waals surface area contributed by atoms with Crippen molar-refractivity contribution in [1.29, 1.82) is 0 Å². The van der Waals surface area contributed by atoms with Crippen molar-refractivity contribution >= 4 is 34.4 Å². The molecule has 0 saturated carbocycles. The van der Waals surface area contributed by atoms with E-state index in [4.69, 9.17) is 0 Å². The summed E-state index contributed by atoms with van der Waals surface area (Å²) in [6.45, 7) is 4.77. The number of nitrogens with zero attached hydrogens (tertiary/aromatic N) is 3. The lowest BCUT2D eigenvalue weighted by molar-refractivity contribution is -0.695. The molecule has 29 heavy (non-hydrogen) atoms.